The standard InChI is InChI=1S/C11H19N3O3/c1-4-16-11(2,3)10-13-9(17-14-10)8-5-7(15)6-12-8/h7-8,12,15H,4-6H2,1-3H3/t7-,8-/m0/s1. The Morgan fingerprint density at radius 1 is 1.59 bits per heavy atom. The second-order valence-corrected chi connectivity index (χ2v) is 4.75. The predicted molar refractivity (Wildman–Crippen MR) is 60.3 cm³/mol. The molecule has 6 heteroatoms. The summed E-state index contributed by atoms with van der Waals surface area (Å²) in [6, 6.07) is -0.0522. The fourth-order valence-corrected chi connectivity index (χ4v) is 1.95. The molecule has 0 saturated carbocycles. The first kappa shape index (κ1) is 12.5. The summed E-state index contributed by atoms with van der Waals surface area (Å²) in [6.07, 6.45) is 0.270. The van der Waals surface area contributed by atoms with E-state index >= 15 is 0 Å². The topological polar surface area (TPSA) is 80.4 Å². The fourth-order valence-electron chi connectivity index (χ4n) is 1.95. The monoisotopic (exact) mass is 241 g/mol. The number of aromatic nitrogens is 2. The summed E-state index contributed by atoms with van der Waals surface area (Å²) in [7, 11) is 0. The number of nitrogens with one attached hydrogen (secondary N) is 1. The van der Waals surface area contributed by atoms with Gasteiger partial charge in [-0.2, -0.15) is 4.98 Å². The van der Waals surface area contributed by atoms with Gasteiger partial charge in [-0.25, -0.2) is 0 Å². The SMILES string of the molecule is CCOC(C)(C)c1noc([C@@H]2C[C@H](O)CN2)n1. The van der Waals surface area contributed by atoms with E-state index in [0.717, 1.165) is 0 Å². The summed E-state index contributed by atoms with van der Waals surface area (Å²) in [5.41, 5.74) is -0.548. The number of hydrogen-bond acceptors (Lipinski definition) is 6. The molecular formula is C11H19N3O3. The molecule has 0 bridgehead atoms. The molecule has 1 aromatic rings. The van der Waals surface area contributed by atoms with Crippen molar-refractivity contribution < 1.29 is 14.4 Å². The molecular weight excluding hydrogens is 222 g/mol. The van der Waals surface area contributed by atoms with E-state index in [2.05, 4.69) is 15.5 Å². The maximum atomic E-state index is 9.43. The van der Waals surface area contributed by atoms with Gasteiger partial charge in [0.05, 0.1) is 12.1 Å². The van der Waals surface area contributed by atoms with Crippen molar-refractivity contribution in [2.45, 2.75) is 44.9 Å². The molecule has 0 unspecified atom stereocenters. The van der Waals surface area contributed by atoms with Gasteiger partial charge in [-0.15, -0.1) is 0 Å². The molecule has 17 heavy (non-hydrogen) atoms. The molecule has 0 aromatic carbocycles. The fraction of sp³-hybridized carbons (Fsp3) is 0.818. The highest BCUT2D eigenvalue weighted by Crippen LogP contribution is 2.26. The maximum Gasteiger partial charge on any atom is 0.243 e. The zero-order chi connectivity index (χ0) is 12.5. The van der Waals surface area contributed by atoms with Gasteiger partial charge in [0.1, 0.15) is 5.60 Å². The molecule has 1 aliphatic rings. The van der Waals surface area contributed by atoms with Crippen molar-refractivity contribution in [3.63, 3.8) is 0 Å². The Labute approximate surface area is 100 Å². The molecule has 2 N–H and O–H groups in total. The van der Waals surface area contributed by atoms with Crippen molar-refractivity contribution in [1.29, 1.82) is 0 Å². The van der Waals surface area contributed by atoms with Crippen molar-refractivity contribution in [3.05, 3.63) is 11.7 Å². The van der Waals surface area contributed by atoms with Crippen molar-refractivity contribution in [3.8, 4) is 0 Å². The highest BCUT2D eigenvalue weighted by atomic mass is 16.5. The largest absolute Gasteiger partial charge is 0.392 e. The van der Waals surface area contributed by atoms with Crippen molar-refractivity contribution in [2.24, 2.45) is 0 Å². The normalized spacial score (nSPS) is 25.4. The Bertz CT molecular complexity index is 378. The van der Waals surface area contributed by atoms with Gasteiger partial charge < -0.3 is 19.7 Å². The number of β-amino-alcohol motifs (C(OH)–C–C–N with tert-alkyl or cyclic N) is 1. The molecule has 0 aliphatic carbocycles. The molecule has 1 fully saturated rings. The van der Waals surface area contributed by atoms with Crippen LogP contribution in [0.3, 0.4) is 0 Å². The molecule has 1 saturated heterocycles. The van der Waals surface area contributed by atoms with Gasteiger partial charge in [0, 0.05) is 13.2 Å². The molecule has 2 rings (SSSR count). The lowest BCUT2D eigenvalue weighted by molar-refractivity contribution is -0.0221. The predicted octanol–water partition coefficient (Wildman–Crippen LogP) is 0.736. The minimum atomic E-state index is -0.548. The summed E-state index contributed by atoms with van der Waals surface area (Å²) in [5, 5.41) is 16.5. The molecule has 6 nitrogen and oxygen atoms in total. The number of nitrogens with zero attached hydrogens (tertiary/aromatic N) is 2. The van der Waals surface area contributed by atoms with Gasteiger partial charge in [0.25, 0.3) is 0 Å². The van der Waals surface area contributed by atoms with Gasteiger partial charge in [-0.05, 0) is 27.2 Å². The van der Waals surface area contributed by atoms with E-state index < -0.39 is 5.60 Å². The molecule has 2 atom stereocenters. The number of aliphatic hydroxyl groups is 1. The second kappa shape index (κ2) is 4.72. The first-order valence-corrected chi connectivity index (χ1v) is 5.92. The van der Waals surface area contributed by atoms with Crippen LogP contribution >= 0.6 is 0 Å². The lowest BCUT2D eigenvalue weighted by Gasteiger charge is -2.19. The lowest BCUT2D eigenvalue weighted by Crippen LogP contribution is -2.23. The number of hydrogen-bond donors (Lipinski definition) is 2. The highest BCUT2D eigenvalue weighted by molar-refractivity contribution is 5.02. The molecule has 0 amide bonds. The average molecular weight is 241 g/mol. The second-order valence-electron chi connectivity index (χ2n) is 4.75. The summed E-state index contributed by atoms with van der Waals surface area (Å²) in [5.74, 6) is 1.06. The van der Waals surface area contributed by atoms with Crippen LogP contribution < -0.4 is 5.32 Å². The van der Waals surface area contributed by atoms with Crippen LogP contribution in [0.2, 0.25) is 0 Å². The van der Waals surface area contributed by atoms with E-state index in [1.807, 2.05) is 20.8 Å². The van der Waals surface area contributed by atoms with E-state index in [0.29, 0.717) is 31.3 Å². The smallest absolute Gasteiger partial charge is 0.243 e. The zero-order valence-electron chi connectivity index (χ0n) is 10.4. The average Bonchev–Trinajstić information content (AvgIpc) is 2.85. The highest BCUT2D eigenvalue weighted by Gasteiger charge is 2.32. The van der Waals surface area contributed by atoms with Crippen molar-refractivity contribution in [2.75, 3.05) is 13.2 Å². The lowest BCUT2D eigenvalue weighted by atomic mass is 10.1. The van der Waals surface area contributed by atoms with Crippen LogP contribution in [0.4, 0.5) is 0 Å². The Balaban J connectivity index is 2.10. The third kappa shape index (κ3) is 2.65. The minimum Gasteiger partial charge on any atom is -0.392 e. The van der Waals surface area contributed by atoms with Gasteiger partial charge in [-0.1, -0.05) is 5.16 Å². The van der Waals surface area contributed by atoms with Crippen LogP contribution in [0, 0.1) is 0 Å². The van der Waals surface area contributed by atoms with Crippen LogP contribution in [0.15, 0.2) is 4.52 Å². The Morgan fingerprint density at radius 2 is 2.35 bits per heavy atom. The third-order valence-electron chi connectivity index (χ3n) is 2.89. The van der Waals surface area contributed by atoms with Crippen molar-refractivity contribution in [1.82, 2.24) is 15.5 Å². The van der Waals surface area contributed by atoms with E-state index in [4.69, 9.17) is 9.26 Å². The van der Waals surface area contributed by atoms with Crippen LogP contribution in [0.1, 0.15) is 44.9 Å². The van der Waals surface area contributed by atoms with E-state index in [1.54, 1.807) is 0 Å². The van der Waals surface area contributed by atoms with E-state index in [1.165, 1.54) is 0 Å². The van der Waals surface area contributed by atoms with Gasteiger partial charge >= 0.3 is 0 Å². The number of aliphatic hydroxyl groups excluding tert-OH is 1. The summed E-state index contributed by atoms with van der Waals surface area (Å²) >= 11 is 0. The molecule has 1 aliphatic heterocycles. The minimum absolute atomic E-state index is 0.0522. The Morgan fingerprint density at radius 3 is 2.94 bits per heavy atom. The molecule has 0 radical (unpaired) electrons. The van der Waals surface area contributed by atoms with Crippen LogP contribution in [-0.2, 0) is 10.3 Å². The summed E-state index contributed by atoms with van der Waals surface area (Å²) < 4.78 is 10.8. The first-order valence-electron chi connectivity index (χ1n) is 5.92. The van der Waals surface area contributed by atoms with Gasteiger partial charge in [0.15, 0.2) is 0 Å². The number of ether oxygens (including phenoxy) is 1. The Kier molecular flexibility index (Phi) is 3.46. The van der Waals surface area contributed by atoms with E-state index in [9.17, 15) is 5.11 Å². The number of rotatable bonds is 4. The third-order valence-corrected chi connectivity index (χ3v) is 2.89. The van der Waals surface area contributed by atoms with E-state index in [-0.39, 0.29) is 12.1 Å². The molecule has 1 aromatic heterocycles. The van der Waals surface area contributed by atoms with Crippen molar-refractivity contribution >= 4 is 0 Å². The maximum absolute atomic E-state index is 9.43. The summed E-state index contributed by atoms with van der Waals surface area (Å²) in [6.45, 7) is 6.90. The van der Waals surface area contributed by atoms with Gasteiger partial charge in [0.2, 0.25) is 11.7 Å². The first-order chi connectivity index (χ1) is 8.03. The molecule has 96 valence electrons. The molecule has 2 heterocycles. The summed E-state index contributed by atoms with van der Waals surface area (Å²) in [4.78, 5) is 4.34. The van der Waals surface area contributed by atoms with Crippen LogP contribution in [0.25, 0.3) is 0 Å². The zero-order valence-corrected chi connectivity index (χ0v) is 10.4. The Hall–Kier alpha value is -0.980. The quantitative estimate of drug-likeness (QED) is 0.809. The van der Waals surface area contributed by atoms with Crippen LogP contribution in [-0.4, -0.2) is 34.5 Å². The molecule has 0 spiro atoms. The van der Waals surface area contributed by atoms with Gasteiger partial charge in [-0.3, -0.25) is 0 Å². The van der Waals surface area contributed by atoms with Crippen LogP contribution in [0.5, 0.6) is 0 Å².